The van der Waals surface area contributed by atoms with E-state index in [1.807, 2.05) is 6.07 Å². The molecular weight excluding hydrogens is 244 g/mol. The summed E-state index contributed by atoms with van der Waals surface area (Å²) in [4.78, 5) is 22.0. The molecule has 1 aliphatic rings. The van der Waals surface area contributed by atoms with Gasteiger partial charge >= 0.3 is 0 Å². The van der Waals surface area contributed by atoms with Gasteiger partial charge in [0.2, 0.25) is 0 Å². The van der Waals surface area contributed by atoms with E-state index in [4.69, 9.17) is 0 Å². The molecule has 4 heteroatoms. The lowest BCUT2D eigenvalue weighted by Gasteiger charge is -2.05. The average molecular weight is 258 g/mol. The molecule has 0 unspecified atom stereocenters. The van der Waals surface area contributed by atoms with Gasteiger partial charge in [0.1, 0.15) is 5.82 Å². The second-order valence-electron chi connectivity index (χ2n) is 4.53. The molecule has 0 atom stereocenters. The summed E-state index contributed by atoms with van der Waals surface area (Å²) in [6.07, 6.45) is 6.05. The molecule has 0 saturated carbocycles. The van der Waals surface area contributed by atoms with Crippen molar-refractivity contribution in [2.24, 2.45) is 0 Å². The Kier molecular flexibility index (Phi) is 3.19. The zero-order chi connectivity index (χ0) is 12.4. The van der Waals surface area contributed by atoms with Gasteiger partial charge in [-0.1, -0.05) is 6.07 Å². The minimum atomic E-state index is 0.199. The molecule has 2 aromatic rings. The van der Waals surface area contributed by atoms with Crippen LogP contribution in [0.25, 0.3) is 0 Å². The normalized spacial score (nSPS) is 15.2. The van der Waals surface area contributed by atoms with E-state index in [1.54, 1.807) is 17.5 Å². The van der Waals surface area contributed by atoms with Gasteiger partial charge in [0, 0.05) is 23.9 Å². The third-order valence-electron chi connectivity index (χ3n) is 3.20. The molecule has 1 aliphatic carbocycles. The van der Waals surface area contributed by atoms with Crippen LogP contribution < -0.4 is 0 Å². The number of thiophene rings is 1. The number of fused-ring (bicyclic) bond motifs is 1. The van der Waals surface area contributed by atoms with Gasteiger partial charge in [0.15, 0.2) is 5.78 Å². The van der Waals surface area contributed by atoms with Crippen LogP contribution >= 0.6 is 11.3 Å². The molecule has 0 bridgehead atoms. The number of hydrogen-bond acceptors (Lipinski definition) is 4. The first-order valence-corrected chi connectivity index (χ1v) is 7.11. The summed E-state index contributed by atoms with van der Waals surface area (Å²) in [7, 11) is 0. The van der Waals surface area contributed by atoms with Crippen molar-refractivity contribution in [3.63, 3.8) is 0 Å². The number of hydrogen-bond donors (Lipinski definition) is 0. The van der Waals surface area contributed by atoms with E-state index in [1.165, 1.54) is 4.88 Å². The highest BCUT2D eigenvalue weighted by molar-refractivity contribution is 7.09. The van der Waals surface area contributed by atoms with Gasteiger partial charge in [-0.05, 0) is 30.7 Å². The summed E-state index contributed by atoms with van der Waals surface area (Å²) in [5.41, 5.74) is 1.68. The molecule has 0 saturated heterocycles. The maximum atomic E-state index is 11.9. The zero-order valence-corrected chi connectivity index (χ0v) is 10.9. The smallest absolute Gasteiger partial charge is 0.166 e. The van der Waals surface area contributed by atoms with E-state index < -0.39 is 0 Å². The maximum Gasteiger partial charge on any atom is 0.166 e. The van der Waals surface area contributed by atoms with Crippen molar-refractivity contribution in [1.82, 2.24) is 9.97 Å². The van der Waals surface area contributed by atoms with Gasteiger partial charge in [0.05, 0.1) is 11.3 Å². The highest BCUT2D eigenvalue weighted by Gasteiger charge is 2.17. The van der Waals surface area contributed by atoms with Gasteiger partial charge in [-0.3, -0.25) is 4.79 Å². The zero-order valence-electron chi connectivity index (χ0n) is 10.1. The third kappa shape index (κ3) is 2.34. The van der Waals surface area contributed by atoms with Crippen molar-refractivity contribution >= 4 is 17.1 Å². The Balaban J connectivity index is 1.90. The van der Waals surface area contributed by atoms with Crippen molar-refractivity contribution in [3.05, 3.63) is 45.7 Å². The Bertz CT molecular complexity index is 563. The first-order valence-electron chi connectivity index (χ1n) is 6.23. The van der Waals surface area contributed by atoms with Crippen LogP contribution in [0.5, 0.6) is 0 Å². The van der Waals surface area contributed by atoms with Crippen molar-refractivity contribution in [2.45, 2.75) is 32.1 Å². The van der Waals surface area contributed by atoms with Crippen molar-refractivity contribution in [3.8, 4) is 0 Å². The molecule has 2 aromatic heterocycles. The highest BCUT2D eigenvalue weighted by atomic mass is 32.1. The molecule has 0 N–H and O–H groups in total. The third-order valence-corrected chi connectivity index (χ3v) is 4.07. The molecule has 92 valence electrons. The van der Waals surface area contributed by atoms with Crippen LogP contribution in [0.15, 0.2) is 23.7 Å². The van der Waals surface area contributed by atoms with Gasteiger partial charge < -0.3 is 0 Å². The summed E-state index contributed by atoms with van der Waals surface area (Å²) < 4.78 is 0. The number of ketones is 1. The van der Waals surface area contributed by atoms with Crippen molar-refractivity contribution in [1.29, 1.82) is 0 Å². The molecular formula is C14H14N2OS. The monoisotopic (exact) mass is 258 g/mol. The predicted octanol–water partition coefficient (Wildman–Crippen LogP) is 3.04. The highest BCUT2D eigenvalue weighted by Crippen LogP contribution is 2.19. The number of rotatable bonds is 2. The lowest BCUT2D eigenvalue weighted by molar-refractivity contribution is 0.0981. The fourth-order valence-corrected chi connectivity index (χ4v) is 2.95. The summed E-state index contributed by atoms with van der Waals surface area (Å²) in [5, 5.41) is 2.06. The molecule has 0 fully saturated rings. The lowest BCUT2D eigenvalue weighted by atomic mass is 10.1. The molecule has 0 spiro atoms. The molecule has 3 nitrogen and oxygen atoms in total. The van der Waals surface area contributed by atoms with E-state index >= 15 is 0 Å². The molecule has 2 heterocycles. The van der Waals surface area contributed by atoms with E-state index in [9.17, 15) is 4.79 Å². The van der Waals surface area contributed by atoms with E-state index in [2.05, 4.69) is 21.4 Å². The summed E-state index contributed by atoms with van der Waals surface area (Å²) in [6.45, 7) is 0. The van der Waals surface area contributed by atoms with Gasteiger partial charge in [0.25, 0.3) is 0 Å². The van der Waals surface area contributed by atoms with E-state index in [0.717, 1.165) is 42.8 Å². The van der Waals surface area contributed by atoms with E-state index in [-0.39, 0.29) is 5.78 Å². The second kappa shape index (κ2) is 4.98. The number of Topliss-reactive ketones (excluding diaryl/α,β-unsaturated/α-hetero) is 1. The van der Waals surface area contributed by atoms with Crippen LogP contribution in [0.1, 0.15) is 46.0 Å². The van der Waals surface area contributed by atoms with Crippen LogP contribution in [-0.2, 0) is 12.8 Å². The van der Waals surface area contributed by atoms with Gasteiger partial charge in [-0.25, -0.2) is 9.97 Å². The quantitative estimate of drug-likeness (QED) is 0.778. The Morgan fingerprint density at radius 3 is 3.00 bits per heavy atom. The standard InChI is InChI=1S/C14H14N2OS/c17-13-6-2-1-5-12-11(13)9-15-14(16-12)8-10-4-3-7-18-10/h3-4,7,9H,1-2,5-6,8H2. The Labute approximate surface area is 110 Å². The molecule has 0 radical (unpaired) electrons. The fraction of sp³-hybridized carbons (Fsp3) is 0.357. The van der Waals surface area contributed by atoms with E-state index in [0.29, 0.717) is 6.42 Å². The Morgan fingerprint density at radius 2 is 2.17 bits per heavy atom. The first-order chi connectivity index (χ1) is 8.83. The lowest BCUT2D eigenvalue weighted by Crippen LogP contribution is -2.07. The van der Waals surface area contributed by atoms with Crippen LogP contribution in [0, 0.1) is 0 Å². The van der Waals surface area contributed by atoms with Crippen molar-refractivity contribution < 1.29 is 4.79 Å². The van der Waals surface area contributed by atoms with Crippen LogP contribution in [0.3, 0.4) is 0 Å². The maximum absolute atomic E-state index is 11.9. The summed E-state index contributed by atoms with van der Waals surface area (Å²) in [6, 6.07) is 4.12. The van der Waals surface area contributed by atoms with Crippen LogP contribution in [0.4, 0.5) is 0 Å². The van der Waals surface area contributed by atoms with Gasteiger partial charge in [-0.15, -0.1) is 11.3 Å². The Hall–Kier alpha value is -1.55. The Morgan fingerprint density at radius 1 is 1.28 bits per heavy atom. The van der Waals surface area contributed by atoms with Gasteiger partial charge in [-0.2, -0.15) is 0 Å². The molecule has 0 amide bonds. The number of carbonyl (C=O) groups is 1. The number of aryl methyl sites for hydroxylation is 1. The summed E-state index contributed by atoms with van der Waals surface area (Å²) in [5.74, 6) is 1.02. The number of carbonyl (C=O) groups excluding carboxylic acids is 1. The molecule has 18 heavy (non-hydrogen) atoms. The second-order valence-corrected chi connectivity index (χ2v) is 5.57. The topological polar surface area (TPSA) is 42.9 Å². The van der Waals surface area contributed by atoms with Crippen molar-refractivity contribution in [2.75, 3.05) is 0 Å². The van der Waals surface area contributed by atoms with Crippen LogP contribution in [-0.4, -0.2) is 15.8 Å². The van der Waals surface area contributed by atoms with Crippen LogP contribution in [0.2, 0.25) is 0 Å². The first kappa shape index (κ1) is 11.5. The molecule has 0 aromatic carbocycles. The number of nitrogens with zero attached hydrogens (tertiary/aromatic N) is 2. The minimum absolute atomic E-state index is 0.199. The average Bonchev–Trinajstić information content (AvgIpc) is 2.80. The largest absolute Gasteiger partial charge is 0.294 e. The molecule has 3 rings (SSSR count). The minimum Gasteiger partial charge on any atom is -0.294 e. The summed E-state index contributed by atoms with van der Waals surface area (Å²) >= 11 is 1.71. The number of aromatic nitrogens is 2. The SMILES string of the molecule is O=C1CCCCc2nc(Cc3cccs3)ncc21. The fourth-order valence-electron chi connectivity index (χ4n) is 2.25. The molecule has 0 aliphatic heterocycles. The predicted molar refractivity (Wildman–Crippen MR) is 71.0 cm³/mol.